The van der Waals surface area contributed by atoms with E-state index in [1.54, 1.807) is 6.07 Å². The van der Waals surface area contributed by atoms with E-state index in [4.69, 9.17) is 11.6 Å². The summed E-state index contributed by atoms with van der Waals surface area (Å²) in [4.78, 5) is 15.9. The first-order chi connectivity index (χ1) is 21.1. The quantitative estimate of drug-likeness (QED) is 0.276. The molecule has 7 atom stereocenters. The van der Waals surface area contributed by atoms with Crippen molar-refractivity contribution in [2.75, 3.05) is 32.0 Å². The van der Waals surface area contributed by atoms with E-state index >= 15 is 0 Å². The molecule has 3 aliphatic carbocycles. The third-order valence-electron chi connectivity index (χ3n) is 10.7. The highest BCUT2D eigenvalue weighted by Gasteiger charge is 2.63. The highest BCUT2D eigenvalue weighted by Crippen LogP contribution is 2.68. The summed E-state index contributed by atoms with van der Waals surface area (Å²) in [6.07, 6.45) is 8.23. The maximum absolute atomic E-state index is 13.7. The number of amides is 1. The largest absolute Gasteiger partial charge is 0.326 e. The second-order valence-corrected chi connectivity index (χ2v) is 15.3. The molecule has 1 amide bonds. The highest BCUT2D eigenvalue weighted by molar-refractivity contribution is 7.87. The summed E-state index contributed by atoms with van der Waals surface area (Å²) in [5, 5.41) is 12.4. The minimum Gasteiger partial charge on any atom is -0.326 e. The van der Waals surface area contributed by atoms with E-state index in [0.29, 0.717) is 41.5 Å². The van der Waals surface area contributed by atoms with Crippen LogP contribution in [0, 0.1) is 46.7 Å². The zero-order valence-electron chi connectivity index (χ0n) is 25.1. The molecule has 0 radical (unpaired) electrons. The van der Waals surface area contributed by atoms with Gasteiger partial charge in [0.2, 0.25) is 5.91 Å². The highest BCUT2D eigenvalue weighted by atomic mass is 35.5. The van der Waals surface area contributed by atoms with E-state index in [1.807, 2.05) is 12.1 Å². The summed E-state index contributed by atoms with van der Waals surface area (Å²) in [6, 6.07) is 14.6. The van der Waals surface area contributed by atoms with Crippen LogP contribution in [0.3, 0.4) is 0 Å². The topological polar surface area (TPSA) is 114 Å². The molecule has 4 fully saturated rings. The Morgan fingerprint density at radius 3 is 2.80 bits per heavy atom. The summed E-state index contributed by atoms with van der Waals surface area (Å²) in [7, 11) is -2.03. The SMILES string of the molecule is CNS(=O)(=O)NC1CCN(CCCCC2C(C(=O)Nc3ccc(F)c(Cl)c3)C2[C@@H]2CC[C@]3(c4cccc(C#N)c4)CC3C2)C1. The fourth-order valence-electron chi connectivity index (χ4n) is 8.38. The van der Waals surface area contributed by atoms with Crippen LogP contribution in [0.5, 0.6) is 0 Å². The Morgan fingerprint density at radius 2 is 2.05 bits per heavy atom. The Bertz CT molecular complexity index is 1550. The molecule has 4 aliphatic rings. The van der Waals surface area contributed by atoms with Crippen LogP contribution in [0.2, 0.25) is 5.02 Å². The standard InChI is InChI=1S/C33H41ClFN5O3S/c1-37-44(42,43)39-26-11-14-40(20-26)13-3-2-7-27-30(31(27)32(41)38-25-8-9-29(35)28(34)17-25)22-10-12-33(18-24(33)16-22)23-6-4-5-21(15-23)19-36/h4-6,8-9,15,17,22,24,26-27,30-31,37,39H,2-3,7,10-14,16,18,20H2,1H3,(H,38,41)/t22-,24?,26?,27?,30?,31?,33-/m1/s1. The minimum atomic E-state index is -3.44. The molecule has 0 bridgehead atoms. The summed E-state index contributed by atoms with van der Waals surface area (Å²) >= 11 is 5.98. The van der Waals surface area contributed by atoms with Gasteiger partial charge in [-0.15, -0.1) is 0 Å². The molecule has 8 nitrogen and oxygen atoms in total. The number of nitriles is 1. The lowest BCUT2D eigenvalue weighted by Crippen LogP contribution is -2.42. The third-order valence-corrected chi connectivity index (χ3v) is 12.2. The number of hydrogen-bond donors (Lipinski definition) is 3. The molecule has 11 heteroatoms. The molecular formula is C33H41ClFN5O3S. The van der Waals surface area contributed by atoms with Crippen molar-refractivity contribution in [2.24, 2.45) is 29.6 Å². The van der Waals surface area contributed by atoms with Crippen LogP contribution in [-0.4, -0.2) is 51.9 Å². The lowest BCUT2D eigenvalue weighted by molar-refractivity contribution is -0.118. The van der Waals surface area contributed by atoms with Crippen molar-refractivity contribution in [3.63, 3.8) is 0 Å². The maximum atomic E-state index is 13.7. The maximum Gasteiger partial charge on any atom is 0.276 e. The number of unbranched alkanes of at least 4 members (excludes halogenated alkanes) is 1. The van der Waals surface area contributed by atoms with Gasteiger partial charge in [0.15, 0.2) is 0 Å². The van der Waals surface area contributed by atoms with Crippen LogP contribution in [0.15, 0.2) is 42.5 Å². The summed E-state index contributed by atoms with van der Waals surface area (Å²) in [5.74, 6) is 1.16. The number of rotatable bonds is 12. The average Bonchev–Trinajstić information content (AvgIpc) is 3.89. The summed E-state index contributed by atoms with van der Waals surface area (Å²) < 4.78 is 42.4. The molecule has 1 aliphatic heterocycles. The van der Waals surface area contributed by atoms with Crippen LogP contribution in [0.25, 0.3) is 0 Å². The van der Waals surface area contributed by atoms with Gasteiger partial charge in [-0.25, -0.2) is 9.11 Å². The Morgan fingerprint density at radius 1 is 1.20 bits per heavy atom. The number of carbonyl (C=O) groups excluding carboxylic acids is 1. The molecule has 1 saturated heterocycles. The monoisotopic (exact) mass is 641 g/mol. The summed E-state index contributed by atoms with van der Waals surface area (Å²) in [6.45, 7) is 2.49. The molecule has 1 heterocycles. The lowest BCUT2D eigenvalue weighted by Gasteiger charge is -2.29. The predicted molar refractivity (Wildman–Crippen MR) is 169 cm³/mol. The molecule has 3 saturated carbocycles. The van der Waals surface area contributed by atoms with Gasteiger partial charge in [0.1, 0.15) is 5.82 Å². The number of halogens is 2. The molecule has 6 rings (SSSR count). The average molecular weight is 642 g/mol. The van der Waals surface area contributed by atoms with Crippen LogP contribution < -0.4 is 14.8 Å². The third kappa shape index (κ3) is 6.68. The molecule has 5 unspecified atom stereocenters. The Labute approximate surface area is 264 Å². The number of carbonyl (C=O) groups is 1. The number of likely N-dealkylation sites (tertiary alicyclic amines) is 1. The number of hydrogen-bond acceptors (Lipinski definition) is 5. The van der Waals surface area contributed by atoms with Crippen LogP contribution in [0.1, 0.15) is 62.5 Å². The first-order valence-electron chi connectivity index (χ1n) is 15.8. The minimum absolute atomic E-state index is 0.00349. The van der Waals surface area contributed by atoms with Crippen molar-refractivity contribution in [3.05, 3.63) is 64.4 Å². The van der Waals surface area contributed by atoms with Gasteiger partial charge in [-0.3, -0.25) is 4.79 Å². The number of nitrogens with zero attached hydrogens (tertiary/aromatic N) is 2. The van der Waals surface area contributed by atoms with Gasteiger partial charge in [0.25, 0.3) is 10.2 Å². The lowest BCUT2D eigenvalue weighted by atomic mass is 9.75. The van der Waals surface area contributed by atoms with Crippen LogP contribution in [-0.2, 0) is 20.4 Å². The molecule has 236 valence electrons. The normalized spacial score (nSPS) is 31.2. The van der Waals surface area contributed by atoms with E-state index < -0.39 is 16.0 Å². The van der Waals surface area contributed by atoms with Crippen LogP contribution in [0.4, 0.5) is 10.1 Å². The number of fused-ring (bicyclic) bond motifs is 1. The van der Waals surface area contributed by atoms with E-state index in [0.717, 1.165) is 64.5 Å². The fourth-order valence-corrected chi connectivity index (χ4v) is 9.31. The van der Waals surface area contributed by atoms with Gasteiger partial charge in [-0.05, 0) is 123 Å². The molecular weight excluding hydrogens is 601 g/mol. The Balaban J connectivity index is 1.06. The van der Waals surface area contributed by atoms with E-state index in [9.17, 15) is 22.9 Å². The Hall–Kier alpha value is -2.55. The van der Waals surface area contributed by atoms with Gasteiger partial charge in [0, 0.05) is 31.2 Å². The fraction of sp³-hybridized carbons (Fsp3) is 0.576. The zero-order chi connectivity index (χ0) is 31.1. The van der Waals surface area contributed by atoms with Gasteiger partial charge in [-0.1, -0.05) is 30.2 Å². The molecule has 0 spiro atoms. The number of anilines is 1. The molecule has 0 aromatic heterocycles. The molecule has 2 aromatic rings. The van der Waals surface area contributed by atoms with Gasteiger partial charge >= 0.3 is 0 Å². The molecule has 44 heavy (non-hydrogen) atoms. The number of nitrogens with one attached hydrogen (secondary N) is 3. The van der Waals surface area contributed by atoms with E-state index in [-0.39, 0.29) is 28.3 Å². The van der Waals surface area contributed by atoms with Crippen molar-refractivity contribution in [1.29, 1.82) is 5.26 Å². The van der Waals surface area contributed by atoms with Crippen molar-refractivity contribution >= 4 is 33.4 Å². The second-order valence-electron chi connectivity index (χ2n) is 13.3. The zero-order valence-corrected chi connectivity index (χ0v) is 26.6. The van der Waals surface area contributed by atoms with E-state index in [2.05, 4.69) is 37.9 Å². The van der Waals surface area contributed by atoms with Gasteiger partial charge in [-0.2, -0.15) is 18.4 Å². The number of benzene rings is 2. The first kappa shape index (κ1) is 31.4. The second kappa shape index (κ2) is 12.7. The predicted octanol–water partition coefficient (Wildman–Crippen LogP) is 5.21. The van der Waals surface area contributed by atoms with Crippen LogP contribution >= 0.6 is 11.6 Å². The molecule has 3 N–H and O–H groups in total. The van der Waals surface area contributed by atoms with Crippen molar-refractivity contribution in [3.8, 4) is 6.07 Å². The van der Waals surface area contributed by atoms with Crippen molar-refractivity contribution < 1.29 is 17.6 Å². The van der Waals surface area contributed by atoms with Crippen molar-refractivity contribution in [1.82, 2.24) is 14.3 Å². The molecule has 2 aromatic carbocycles. The summed E-state index contributed by atoms with van der Waals surface area (Å²) in [5.41, 5.74) is 2.71. The first-order valence-corrected chi connectivity index (χ1v) is 17.7. The smallest absolute Gasteiger partial charge is 0.276 e. The van der Waals surface area contributed by atoms with Gasteiger partial charge < -0.3 is 10.2 Å². The Kier molecular flexibility index (Phi) is 9.06. The van der Waals surface area contributed by atoms with Gasteiger partial charge in [0.05, 0.1) is 16.7 Å². The van der Waals surface area contributed by atoms with Crippen molar-refractivity contribution in [2.45, 2.75) is 62.8 Å². The van der Waals surface area contributed by atoms with E-state index in [1.165, 1.54) is 24.7 Å².